The second-order valence-electron chi connectivity index (χ2n) is 17.8. The summed E-state index contributed by atoms with van der Waals surface area (Å²) in [5, 5.41) is 2.93. The van der Waals surface area contributed by atoms with Gasteiger partial charge in [-0.15, -0.1) is 0 Å². The molecule has 1 aliphatic heterocycles. The van der Waals surface area contributed by atoms with E-state index in [2.05, 4.69) is 19.2 Å². The summed E-state index contributed by atoms with van der Waals surface area (Å²) in [6.45, 7) is 3.30. The largest absolute Gasteiger partial charge is 0.472 e. The molecule has 2 rings (SSSR count). The summed E-state index contributed by atoms with van der Waals surface area (Å²) in [6.07, 6.45) is 33.2. The molecule has 0 bridgehead atoms. The van der Waals surface area contributed by atoms with Crippen molar-refractivity contribution in [2.45, 2.75) is 219 Å². The molecule has 1 heterocycles. The summed E-state index contributed by atoms with van der Waals surface area (Å²) in [6, 6.07) is 6.01. The number of hydrogen-bond acceptors (Lipinski definition) is 11. The zero-order valence-electron chi connectivity index (χ0n) is 40.7. The first-order valence-electron chi connectivity index (χ1n) is 25.6. The summed E-state index contributed by atoms with van der Waals surface area (Å²) in [4.78, 5) is 73.1. The molecule has 1 aromatic rings. The van der Waals surface area contributed by atoms with Gasteiger partial charge in [-0.3, -0.25) is 33.0 Å². The Labute approximate surface area is 396 Å². The van der Waals surface area contributed by atoms with Crippen molar-refractivity contribution in [3.63, 3.8) is 0 Å². The smallest absolute Gasteiger partial charge is 0.462 e. The van der Waals surface area contributed by atoms with Crippen LogP contribution in [0.3, 0.4) is 0 Å². The Kier molecular flexibility index (Phi) is 33.4. The number of esters is 2. The van der Waals surface area contributed by atoms with E-state index in [1.165, 1.54) is 128 Å². The molecule has 15 heteroatoms. The molecule has 66 heavy (non-hydrogen) atoms. The van der Waals surface area contributed by atoms with Crippen molar-refractivity contribution in [1.29, 1.82) is 0 Å². The molecular weight excluding hydrogens is 862 g/mol. The zero-order valence-corrected chi connectivity index (χ0v) is 41.6. The number of benzene rings is 1. The third-order valence-electron chi connectivity index (χ3n) is 11.9. The molecule has 0 aromatic heterocycles. The van der Waals surface area contributed by atoms with Crippen LogP contribution in [0.2, 0.25) is 0 Å². The van der Waals surface area contributed by atoms with Crippen molar-refractivity contribution in [1.82, 2.24) is 5.32 Å². The predicted molar refractivity (Wildman–Crippen MR) is 261 cm³/mol. The molecule has 376 valence electrons. The van der Waals surface area contributed by atoms with E-state index in [-0.39, 0.29) is 32.6 Å². The summed E-state index contributed by atoms with van der Waals surface area (Å²) in [7, 11) is -4.65. The van der Waals surface area contributed by atoms with Crippen LogP contribution in [0.5, 0.6) is 0 Å². The quantitative estimate of drug-likeness (QED) is 0.0242. The number of amides is 3. The maximum Gasteiger partial charge on any atom is 0.472 e. The molecule has 0 fully saturated rings. The first-order valence-corrected chi connectivity index (χ1v) is 27.1. The monoisotopic (exact) mass is 948 g/mol. The van der Waals surface area contributed by atoms with Crippen LogP contribution in [0, 0.1) is 0 Å². The maximum absolute atomic E-state index is 12.8. The highest BCUT2D eigenvalue weighted by molar-refractivity contribution is 7.47. The molecule has 0 aliphatic carbocycles. The van der Waals surface area contributed by atoms with Gasteiger partial charge in [-0.1, -0.05) is 180 Å². The molecule has 2 unspecified atom stereocenters. The fraction of sp³-hybridized carbons (Fsp3) is 0.745. The number of carbonyl (C=O) groups excluding carboxylic acids is 5. The molecule has 0 saturated heterocycles. The summed E-state index contributed by atoms with van der Waals surface area (Å²) < 4.78 is 34.2. The highest BCUT2D eigenvalue weighted by Crippen LogP contribution is 2.43. The first-order chi connectivity index (χ1) is 32.0. The van der Waals surface area contributed by atoms with E-state index in [0.29, 0.717) is 31.4 Å². The molecule has 3 amide bonds. The number of unbranched alkanes of at least 4 members (excludes halogenated alkanes) is 24. The highest BCUT2D eigenvalue weighted by atomic mass is 31.2. The Balaban J connectivity index is 1.75. The van der Waals surface area contributed by atoms with Crippen LogP contribution in [0.25, 0.3) is 0 Å². The number of phosphoric acid groups is 1. The SMILES string of the molecule is CCCCCCCCCCCCCCCC(=O)OC[C@H](COP(=O)(O)OCCNC(CCc1ccc(N2C(=O)C=CC2=O)cc1)C(N)=O)OC(=O)CCCCCCCCCCCCCCC. The average Bonchev–Trinajstić information content (AvgIpc) is 3.64. The Morgan fingerprint density at radius 1 is 0.636 bits per heavy atom. The van der Waals surface area contributed by atoms with Gasteiger partial charge in [0.05, 0.1) is 24.9 Å². The number of nitrogens with two attached hydrogens (primary N) is 1. The number of primary amides is 1. The van der Waals surface area contributed by atoms with E-state index < -0.39 is 56.2 Å². The lowest BCUT2D eigenvalue weighted by molar-refractivity contribution is -0.161. The zero-order chi connectivity index (χ0) is 48.1. The van der Waals surface area contributed by atoms with E-state index in [9.17, 15) is 33.4 Å². The Bertz CT molecular complexity index is 1560. The molecule has 0 spiro atoms. The predicted octanol–water partition coefficient (Wildman–Crippen LogP) is 11.0. The van der Waals surface area contributed by atoms with Crippen molar-refractivity contribution >= 4 is 43.2 Å². The van der Waals surface area contributed by atoms with Crippen molar-refractivity contribution in [3.05, 3.63) is 42.0 Å². The standard InChI is InChI=1S/C51H86N3O11P/c1-3-5-7-9-11-13-15-17-19-21-23-25-27-29-49(57)62-41-45(65-50(58)30-28-26-24-22-20-18-16-14-12-10-8-6-4-2)42-64-66(60,61)63-40-39-53-46(51(52)59)36-33-43-31-34-44(35-32-43)54-47(55)37-38-48(54)56/h31-32,34-35,37-38,45-46,53H,3-30,33,36,39-42H2,1-2H3,(H2,52,59)(H,60,61)/t45-,46?/m1/s1. The van der Waals surface area contributed by atoms with Gasteiger partial charge in [0, 0.05) is 31.5 Å². The fourth-order valence-corrected chi connectivity index (χ4v) is 8.68. The number of aryl methyl sites for hydroxylation is 1. The van der Waals surface area contributed by atoms with Crippen LogP contribution in [-0.4, -0.2) is 73.1 Å². The number of anilines is 1. The second kappa shape index (κ2) is 37.5. The van der Waals surface area contributed by atoms with Crippen LogP contribution in [-0.2, 0) is 53.5 Å². The van der Waals surface area contributed by atoms with Crippen molar-refractivity contribution in [2.75, 3.05) is 31.3 Å². The number of nitrogens with one attached hydrogen (secondary N) is 1. The van der Waals surface area contributed by atoms with E-state index >= 15 is 0 Å². The molecule has 1 aromatic carbocycles. The Morgan fingerprint density at radius 2 is 1.08 bits per heavy atom. The molecule has 3 atom stereocenters. The number of rotatable bonds is 44. The number of phosphoric ester groups is 1. The molecule has 14 nitrogen and oxygen atoms in total. The normalized spacial score (nSPS) is 14.4. The van der Waals surface area contributed by atoms with E-state index in [4.69, 9.17) is 24.3 Å². The van der Waals surface area contributed by atoms with Gasteiger partial charge < -0.3 is 25.4 Å². The highest BCUT2D eigenvalue weighted by Gasteiger charge is 2.27. The third kappa shape index (κ3) is 29.4. The first kappa shape index (κ1) is 58.7. The summed E-state index contributed by atoms with van der Waals surface area (Å²) in [5.41, 5.74) is 6.88. The van der Waals surface area contributed by atoms with E-state index in [0.717, 1.165) is 49.0 Å². The Hall–Kier alpha value is -3.42. The van der Waals surface area contributed by atoms with Crippen LogP contribution < -0.4 is 16.0 Å². The summed E-state index contributed by atoms with van der Waals surface area (Å²) >= 11 is 0. The Morgan fingerprint density at radius 3 is 1.53 bits per heavy atom. The lowest BCUT2D eigenvalue weighted by atomic mass is 10.0. The van der Waals surface area contributed by atoms with Gasteiger partial charge in [-0.25, -0.2) is 9.46 Å². The lowest BCUT2D eigenvalue weighted by Gasteiger charge is -2.20. The summed E-state index contributed by atoms with van der Waals surface area (Å²) in [5.74, 6) is -2.39. The van der Waals surface area contributed by atoms with Gasteiger partial charge in [0.15, 0.2) is 6.10 Å². The molecule has 0 saturated carbocycles. The third-order valence-corrected chi connectivity index (χ3v) is 12.9. The minimum Gasteiger partial charge on any atom is -0.462 e. The maximum atomic E-state index is 12.8. The number of imide groups is 1. The molecule has 4 N–H and O–H groups in total. The minimum atomic E-state index is -4.65. The van der Waals surface area contributed by atoms with Crippen molar-refractivity contribution in [3.8, 4) is 0 Å². The second-order valence-corrected chi connectivity index (χ2v) is 19.3. The number of ether oxygens (including phenoxy) is 2. The van der Waals surface area contributed by atoms with Crippen LogP contribution in [0.1, 0.15) is 206 Å². The van der Waals surface area contributed by atoms with Crippen LogP contribution in [0.4, 0.5) is 5.69 Å². The van der Waals surface area contributed by atoms with Gasteiger partial charge in [0.1, 0.15) is 6.61 Å². The average molecular weight is 948 g/mol. The minimum absolute atomic E-state index is 0.0129. The van der Waals surface area contributed by atoms with Crippen LogP contribution in [0.15, 0.2) is 36.4 Å². The molecule has 0 radical (unpaired) electrons. The number of carbonyl (C=O) groups is 5. The van der Waals surface area contributed by atoms with Crippen LogP contribution >= 0.6 is 7.82 Å². The van der Waals surface area contributed by atoms with Gasteiger partial charge in [-0.2, -0.15) is 0 Å². The van der Waals surface area contributed by atoms with E-state index in [1.54, 1.807) is 24.3 Å². The fourth-order valence-electron chi connectivity index (χ4n) is 7.92. The van der Waals surface area contributed by atoms with Crippen molar-refractivity contribution in [2.24, 2.45) is 5.73 Å². The van der Waals surface area contributed by atoms with Gasteiger partial charge in [0.25, 0.3) is 11.8 Å². The van der Waals surface area contributed by atoms with Gasteiger partial charge in [0.2, 0.25) is 5.91 Å². The van der Waals surface area contributed by atoms with Gasteiger partial charge >= 0.3 is 19.8 Å². The van der Waals surface area contributed by atoms with Crippen molar-refractivity contribution < 1.29 is 52.0 Å². The lowest BCUT2D eigenvalue weighted by Crippen LogP contribution is -2.42. The van der Waals surface area contributed by atoms with Gasteiger partial charge in [-0.05, 0) is 43.4 Å². The number of hydrogen-bond donors (Lipinski definition) is 3. The molecule has 1 aliphatic rings. The number of nitrogens with zero attached hydrogens (tertiary/aromatic N) is 1. The topological polar surface area (TPSA) is 201 Å². The molecular formula is C51H86N3O11P. The van der Waals surface area contributed by atoms with E-state index in [1.807, 2.05) is 0 Å².